The third-order valence-corrected chi connectivity index (χ3v) is 6.00. The van der Waals surface area contributed by atoms with E-state index in [4.69, 9.17) is 5.73 Å². The highest BCUT2D eigenvalue weighted by Gasteiger charge is 2.45. The average molecular weight is 386 g/mol. The second kappa shape index (κ2) is 8.56. The van der Waals surface area contributed by atoms with Crippen LogP contribution in [0.25, 0.3) is 0 Å². The number of hydrogen-bond acceptors (Lipinski definition) is 5. The van der Waals surface area contributed by atoms with Crippen LogP contribution in [0, 0.1) is 5.82 Å². The van der Waals surface area contributed by atoms with E-state index in [0.29, 0.717) is 6.42 Å². The summed E-state index contributed by atoms with van der Waals surface area (Å²) in [4.78, 5) is 26.5. The topological polar surface area (TPSA) is 113 Å². The number of rotatable bonds is 7. The van der Waals surface area contributed by atoms with Crippen LogP contribution < -0.4 is 11.1 Å². The van der Waals surface area contributed by atoms with Crippen molar-refractivity contribution in [2.24, 2.45) is 5.73 Å². The molecule has 1 aromatic rings. The molecule has 0 saturated carbocycles. The van der Waals surface area contributed by atoms with Crippen molar-refractivity contribution < 1.29 is 22.4 Å². The van der Waals surface area contributed by atoms with Gasteiger partial charge in [0.05, 0.1) is 5.75 Å². The minimum absolute atomic E-state index is 0.0238. The number of halogens is 1. The summed E-state index contributed by atoms with van der Waals surface area (Å²) in [5.41, 5.74) is 5.56. The molecule has 0 aliphatic carbocycles. The molecule has 1 atom stereocenters. The zero-order valence-electron chi connectivity index (χ0n) is 14.5. The Labute approximate surface area is 152 Å². The minimum Gasteiger partial charge on any atom is -0.352 e. The van der Waals surface area contributed by atoms with E-state index >= 15 is 0 Å². The van der Waals surface area contributed by atoms with Gasteiger partial charge >= 0.3 is 0 Å². The van der Waals surface area contributed by atoms with E-state index in [-0.39, 0.29) is 37.5 Å². The van der Waals surface area contributed by atoms with Crippen LogP contribution in [0.5, 0.6) is 0 Å². The lowest BCUT2D eigenvalue weighted by molar-refractivity contribution is -0.127. The maximum atomic E-state index is 13.1. The lowest BCUT2D eigenvalue weighted by Crippen LogP contribution is -2.54. The van der Waals surface area contributed by atoms with E-state index in [9.17, 15) is 22.4 Å². The molecule has 2 rings (SSSR count). The van der Waals surface area contributed by atoms with Gasteiger partial charge in [0, 0.05) is 31.7 Å². The Morgan fingerprint density at radius 2 is 1.92 bits per heavy atom. The zero-order valence-corrected chi connectivity index (χ0v) is 15.3. The van der Waals surface area contributed by atoms with E-state index < -0.39 is 33.8 Å². The van der Waals surface area contributed by atoms with E-state index in [1.807, 2.05) is 0 Å². The molecule has 1 unspecified atom stereocenters. The fraction of sp³-hybridized carbons (Fsp3) is 0.500. The monoisotopic (exact) mass is 386 g/mol. The van der Waals surface area contributed by atoms with Gasteiger partial charge in [-0.3, -0.25) is 9.59 Å². The third-order valence-electron chi connectivity index (χ3n) is 3.98. The van der Waals surface area contributed by atoms with Crippen molar-refractivity contribution in [1.29, 1.82) is 0 Å². The van der Waals surface area contributed by atoms with Gasteiger partial charge in [-0.05, 0) is 30.7 Å². The second-order valence-corrected chi connectivity index (χ2v) is 7.93. The van der Waals surface area contributed by atoms with Crippen LogP contribution in [0.1, 0.15) is 23.7 Å². The van der Waals surface area contributed by atoms with Crippen molar-refractivity contribution in [3.05, 3.63) is 35.6 Å². The molecule has 1 aliphatic rings. The first-order chi connectivity index (χ1) is 12.3. The Bertz CT molecular complexity index is 754. The number of nitrogens with zero attached hydrogens (tertiary/aromatic N) is 2. The van der Waals surface area contributed by atoms with Crippen LogP contribution in [-0.4, -0.2) is 67.5 Å². The van der Waals surface area contributed by atoms with Gasteiger partial charge in [0.25, 0.3) is 11.8 Å². The molecule has 1 aliphatic heterocycles. The number of sulfonamides is 1. The molecule has 3 N–H and O–H groups in total. The van der Waals surface area contributed by atoms with Crippen molar-refractivity contribution >= 4 is 21.8 Å². The number of carbonyl (C=O) groups excluding carboxylic acids is 2. The smallest absolute Gasteiger partial charge is 0.259 e. The number of benzene rings is 1. The number of nitrogens with one attached hydrogen (secondary N) is 1. The van der Waals surface area contributed by atoms with Gasteiger partial charge in [-0.25, -0.2) is 12.8 Å². The van der Waals surface area contributed by atoms with Crippen molar-refractivity contribution in [3.63, 3.8) is 0 Å². The highest BCUT2D eigenvalue weighted by atomic mass is 32.2. The molecule has 1 aromatic carbocycles. The summed E-state index contributed by atoms with van der Waals surface area (Å²) >= 11 is 0. The standard InChI is InChI=1S/C16H23FN4O4S/c1-2-11-26(24,25)21-10-9-20(15(21)14(22)19-8-7-18)16(23)12-3-5-13(17)6-4-12/h3-6,15H,2,7-11,18H2,1H3,(H,19,22). The highest BCUT2D eigenvalue weighted by Crippen LogP contribution is 2.22. The molecule has 1 fully saturated rings. The molecule has 2 amide bonds. The van der Waals surface area contributed by atoms with Gasteiger partial charge in [-0.1, -0.05) is 6.92 Å². The molecule has 0 radical (unpaired) electrons. The van der Waals surface area contributed by atoms with Crippen molar-refractivity contribution in [1.82, 2.24) is 14.5 Å². The molecule has 1 heterocycles. The Balaban J connectivity index is 2.33. The van der Waals surface area contributed by atoms with Gasteiger partial charge in [0.15, 0.2) is 6.17 Å². The lowest BCUT2D eigenvalue weighted by Gasteiger charge is -2.28. The average Bonchev–Trinajstić information content (AvgIpc) is 3.05. The number of amides is 2. The molecule has 144 valence electrons. The number of nitrogens with two attached hydrogens (primary N) is 1. The Morgan fingerprint density at radius 3 is 2.50 bits per heavy atom. The normalized spacial score (nSPS) is 18.1. The molecule has 26 heavy (non-hydrogen) atoms. The molecular weight excluding hydrogens is 363 g/mol. The van der Waals surface area contributed by atoms with Gasteiger partial charge in [-0.15, -0.1) is 0 Å². The van der Waals surface area contributed by atoms with Crippen LogP contribution in [0.3, 0.4) is 0 Å². The largest absolute Gasteiger partial charge is 0.352 e. The third kappa shape index (κ3) is 4.37. The summed E-state index contributed by atoms with van der Waals surface area (Å²) in [6.45, 7) is 2.16. The van der Waals surface area contributed by atoms with Crippen molar-refractivity contribution in [2.75, 3.05) is 31.9 Å². The zero-order chi connectivity index (χ0) is 19.3. The first kappa shape index (κ1) is 20.3. The molecule has 8 nitrogen and oxygen atoms in total. The SMILES string of the molecule is CCCS(=O)(=O)N1CCN(C(=O)c2ccc(F)cc2)C1C(=O)NCCN. The minimum atomic E-state index is -3.70. The number of carbonyl (C=O) groups is 2. The maximum Gasteiger partial charge on any atom is 0.259 e. The van der Waals surface area contributed by atoms with Gasteiger partial charge in [0.2, 0.25) is 10.0 Å². The first-order valence-electron chi connectivity index (χ1n) is 8.35. The van der Waals surface area contributed by atoms with Crippen LogP contribution in [0.4, 0.5) is 4.39 Å². The lowest BCUT2D eigenvalue weighted by atomic mass is 10.2. The Morgan fingerprint density at radius 1 is 1.27 bits per heavy atom. The molecule has 10 heteroatoms. The Hall–Kier alpha value is -2.04. The fourth-order valence-electron chi connectivity index (χ4n) is 2.80. The summed E-state index contributed by atoms with van der Waals surface area (Å²) in [5.74, 6) is -1.76. The van der Waals surface area contributed by atoms with Crippen LogP contribution in [-0.2, 0) is 14.8 Å². The Kier molecular flexibility index (Phi) is 6.68. The van der Waals surface area contributed by atoms with Crippen molar-refractivity contribution in [3.8, 4) is 0 Å². The molecular formula is C16H23FN4O4S. The molecule has 0 spiro atoms. The fourth-order valence-corrected chi connectivity index (χ4v) is 4.43. The summed E-state index contributed by atoms with van der Waals surface area (Å²) in [6.07, 6.45) is -0.891. The molecule has 1 saturated heterocycles. The van der Waals surface area contributed by atoms with Gasteiger partial charge < -0.3 is 16.0 Å². The van der Waals surface area contributed by atoms with Gasteiger partial charge in [0.1, 0.15) is 5.82 Å². The predicted molar refractivity (Wildman–Crippen MR) is 94.1 cm³/mol. The maximum absolute atomic E-state index is 13.1. The first-order valence-corrected chi connectivity index (χ1v) is 9.96. The predicted octanol–water partition coefficient (Wildman–Crippen LogP) is -0.276. The van der Waals surface area contributed by atoms with E-state index in [2.05, 4.69) is 5.32 Å². The van der Waals surface area contributed by atoms with E-state index in [1.54, 1.807) is 6.92 Å². The second-order valence-electron chi connectivity index (χ2n) is 5.89. The van der Waals surface area contributed by atoms with Crippen LogP contribution in [0.15, 0.2) is 24.3 Å². The van der Waals surface area contributed by atoms with E-state index in [0.717, 1.165) is 16.4 Å². The highest BCUT2D eigenvalue weighted by molar-refractivity contribution is 7.89. The summed E-state index contributed by atoms with van der Waals surface area (Å²) in [7, 11) is -3.70. The van der Waals surface area contributed by atoms with Crippen LogP contribution >= 0.6 is 0 Å². The van der Waals surface area contributed by atoms with E-state index in [1.165, 1.54) is 17.0 Å². The summed E-state index contributed by atoms with van der Waals surface area (Å²) < 4.78 is 39.1. The quantitative estimate of drug-likeness (QED) is 0.670. The number of hydrogen-bond donors (Lipinski definition) is 2. The van der Waals surface area contributed by atoms with Crippen LogP contribution in [0.2, 0.25) is 0 Å². The summed E-state index contributed by atoms with van der Waals surface area (Å²) in [6, 6.07) is 4.88. The molecule has 0 aromatic heterocycles. The van der Waals surface area contributed by atoms with Crippen molar-refractivity contribution in [2.45, 2.75) is 19.5 Å². The summed E-state index contributed by atoms with van der Waals surface area (Å²) in [5, 5.41) is 2.54. The molecule has 0 bridgehead atoms. The van der Waals surface area contributed by atoms with Gasteiger partial charge in [-0.2, -0.15) is 4.31 Å².